The second kappa shape index (κ2) is 4.85. The Bertz CT molecular complexity index is 398. The molecule has 0 aliphatic carbocycles. The van der Waals surface area contributed by atoms with E-state index in [2.05, 4.69) is 10.5 Å². The maximum atomic E-state index is 10.5. The third-order valence-corrected chi connectivity index (χ3v) is 1.54. The standard InChI is InChI=1S/C9H9N3O3/c1-7(13)11-10-6-8-2-4-9(5-3-8)12(14)15/h2-6H,1H3,(H,11,13)/b10-6-. The molecule has 0 aliphatic rings. The molecule has 0 atom stereocenters. The van der Waals surface area contributed by atoms with E-state index in [4.69, 9.17) is 0 Å². The number of amides is 1. The minimum atomic E-state index is -0.477. The van der Waals surface area contributed by atoms with E-state index < -0.39 is 4.92 Å². The first-order valence-electron chi connectivity index (χ1n) is 4.13. The lowest BCUT2D eigenvalue weighted by molar-refractivity contribution is -0.384. The first-order chi connectivity index (χ1) is 7.09. The van der Waals surface area contributed by atoms with Crippen molar-refractivity contribution in [1.29, 1.82) is 0 Å². The molecular formula is C9H9N3O3. The van der Waals surface area contributed by atoms with Crippen LogP contribution in [0.4, 0.5) is 5.69 Å². The summed E-state index contributed by atoms with van der Waals surface area (Å²) in [6, 6.07) is 5.83. The van der Waals surface area contributed by atoms with Crippen molar-refractivity contribution < 1.29 is 9.72 Å². The molecule has 0 fully saturated rings. The van der Waals surface area contributed by atoms with E-state index in [1.807, 2.05) is 0 Å². The molecule has 0 bridgehead atoms. The van der Waals surface area contributed by atoms with Crippen LogP contribution in [0.1, 0.15) is 12.5 Å². The fraction of sp³-hybridized carbons (Fsp3) is 0.111. The molecule has 6 nitrogen and oxygen atoms in total. The Hall–Kier alpha value is -2.24. The van der Waals surface area contributed by atoms with Gasteiger partial charge in [0.05, 0.1) is 11.1 Å². The molecular weight excluding hydrogens is 198 g/mol. The van der Waals surface area contributed by atoms with E-state index in [9.17, 15) is 14.9 Å². The van der Waals surface area contributed by atoms with Gasteiger partial charge in [-0.15, -0.1) is 0 Å². The quantitative estimate of drug-likeness (QED) is 0.457. The van der Waals surface area contributed by atoms with Gasteiger partial charge >= 0.3 is 0 Å². The molecule has 0 saturated heterocycles. The lowest BCUT2D eigenvalue weighted by Crippen LogP contribution is -2.12. The molecule has 15 heavy (non-hydrogen) atoms. The largest absolute Gasteiger partial charge is 0.274 e. The third kappa shape index (κ3) is 3.55. The predicted molar refractivity (Wildman–Crippen MR) is 54.5 cm³/mol. The van der Waals surface area contributed by atoms with Crippen LogP contribution in [0.25, 0.3) is 0 Å². The molecule has 78 valence electrons. The average molecular weight is 207 g/mol. The zero-order valence-corrected chi connectivity index (χ0v) is 8.01. The maximum Gasteiger partial charge on any atom is 0.269 e. The van der Waals surface area contributed by atoms with E-state index in [1.165, 1.54) is 25.3 Å². The normalized spacial score (nSPS) is 10.2. The number of benzene rings is 1. The molecule has 1 aromatic carbocycles. The first kappa shape index (κ1) is 10.8. The molecule has 1 aromatic rings. The van der Waals surface area contributed by atoms with Crippen molar-refractivity contribution in [3.8, 4) is 0 Å². The Morgan fingerprint density at radius 1 is 1.47 bits per heavy atom. The van der Waals surface area contributed by atoms with E-state index in [1.54, 1.807) is 12.1 Å². The third-order valence-electron chi connectivity index (χ3n) is 1.54. The van der Waals surface area contributed by atoms with E-state index in [-0.39, 0.29) is 11.6 Å². The molecule has 1 rings (SSSR count). The molecule has 0 spiro atoms. The van der Waals surface area contributed by atoms with Crippen molar-refractivity contribution >= 4 is 17.8 Å². The lowest BCUT2D eigenvalue weighted by atomic mass is 10.2. The number of nitro groups is 1. The van der Waals surface area contributed by atoms with Gasteiger partial charge in [0.1, 0.15) is 0 Å². The minimum Gasteiger partial charge on any atom is -0.274 e. The number of hydrogen-bond donors (Lipinski definition) is 1. The summed E-state index contributed by atoms with van der Waals surface area (Å²) in [4.78, 5) is 20.3. The van der Waals surface area contributed by atoms with Gasteiger partial charge in [0.2, 0.25) is 5.91 Å². The summed E-state index contributed by atoms with van der Waals surface area (Å²) in [5, 5.41) is 14.0. The number of carbonyl (C=O) groups excluding carboxylic acids is 1. The highest BCUT2D eigenvalue weighted by atomic mass is 16.6. The number of nitrogens with one attached hydrogen (secondary N) is 1. The highest BCUT2D eigenvalue weighted by Gasteiger charge is 2.02. The smallest absolute Gasteiger partial charge is 0.269 e. The molecule has 1 amide bonds. The van der Waals surface area contributed by atoms with Crippen LogP contribution in [0.15, 0.2) is 29.4 Å². The molecule has 0 aliphatic heterocycles. The second-order valence-corrected chi connectivity index (χ2v) is 2.77. The van der Waals surface area contributed by atoms with Gasteiger partial charge in [0.15, 0.2) is 0 Å². The van der Waals surface area contributed by atoms with Crippen LogP contribution in [0, 0.1) is 10.1 Å². The van der Waals surface area contributed by atoms with Gasteiger partial charge in [-0.05, 0) is 17.7 Å². The van der Waals surface area contributed by atoms with Crippen molar-refractivity contribution in [3.05, 3.63) is 39.9 Å². The van der Waals surface area contributed by atoms with Crippen LogP contribution in [-0.2, 0) is 4.79 Å². The zero-order valence-electron chi connectivity index (χ0n) is 8.01. The summed E-state index contributed by atoms with van der Waals surface area (Å²) in [6.07, 6.45) is 1.41. The number of hydrogen-bond acceptors (Lipinski definition) is 4. The first-order valence-corrected chi connectivity index (χ1v) is 4.13. The summed E-state index contributed by atoms with van der Waals surface area (Å²) >= 11 is 0. The predicted octanol–water partition coefficient (Wildman–Crippen LogP) is 1.06. The molecule has 1 N–H and O–H groups in total. The topological polar surface area (TPSA) is 84.6 Å². The molecule has 0 aromatic heterocycles. The number of nitro benzene ring substituents is 1. The van der Waals surface area contributed by atoms with Gasteiger partial charge in [0, 0.05) is 19.1 Å². The maximum absolute atomic E-state index is 10.5. The van der Waals surface area contributed by atoms with Crippen LogP contribution < -0.4 is 5.43 Å². The number of carbonyl (C=O) groups is 1. The summed E-state index contributed by atoms with van der Waals surface area (Å²) < 4.78 is 0. The van der Waals surface area contributed by atoms with E-state index in [0.717, 1.165) is 0 Å². The van der Waals surface area contributed by atoms with Crippen LogP contribution in [0.5, 0.6) is 0 Å². The summed E-state index contributed by atoms with van der Waals surface area (Å²) in [5.41, 5.74) is 2.92. The molecule has 0 radical (unpaired) electrons. The molecule has 0 unspecified atom stereocenters. The average Bonchev–Trinajstić information content (AvgIpc) is 2.18. The fourth-order valence-corrected chi connectivity index (χ4v) is 0.880. The van der Waals surface area contributed by atoms with Crippen LogP contribution in [-0.4, -0.2) is 17.0 Å². The van der Waals surface area contributed by atoms with Crippen molar-refractivity contribution in [3.63, 3.8) is 0 Å². The summed E-state index contributed by atoms with van der Waals surface area (Å²) in [6.45, 7) is 1.34. The van der Waals surface area contributed by atoms with E-state index >= 15 is 0 Å². The summed E-state index contributed by atoms with van der Waals surface area (Å²) in [5.74, 6) is -0.270. The van der Waals surface area contributed by atoms with Gasteiger partial charge in [-0.1, -0.05) is 0 Å². The monoisotopic (exact) mass is 207 g/mol. The van der Waals surface area contributed by atoms with Gasteiger partial charge in [-0.3, -0.25) is 14.9 Å². The SMILES string of the molecule is CC(=O)N/N=C\c1ccc([N+](=O)[O-])cc1. The molecule has 0 saturated carbocycles. The number of rotatable bonds is 3. The Kier molecular flexibility index (Phi) is 3.50. The van der Waals surface area contributed by atoms with Gasteiger partial charge in [0.25, 0.3) is 5.69 Å². The summed E-state index contributed by atoms with van der Waals surface area (Å²) in [7, 11) is 0. The van der Waals surface area contributed by atoms with Gasteiger partial charge < -0.3 is 0 Å². The Balaban J connectivity index is 2.68. The van der Waals surface area contributed by atoms with Crippen molar-refractivity contribution in [2.75, 3.05) is 0 Å². The highest BCUT2D eigenvalue weighted by Crippen LogP contribution is 2.10. The Morgan fingerprint density at radius 2 is 2.07 bits per heavy atom. The van der Waals surface area contributed by atoms with Crippen LogP contribution in [0.3, 0.4) is 0 Å². The number of nitrogens with zero attached hydrogens (tertiary/aromatic N) is 2. The number of non-ortho nitro benzene ring substituents is 1. The second-order valence-electron chi connectivity index (χ2n) is 2.77. The highest BCUT2D eigenvalue weighted by molar-refractivity contribution is 5.81. The fourth-order valence-electron chi connectivity index (χ4n) is 0.880. The number of hydrazone groups is 1. The van der Waals surface area contributed by atoms with Gasteiger partial charge in [-0.25, -0.2) is 5.43 Å². The van der Waals surface area contributed by atoms with Gasteiger partial charge in [-0.2, -0.15) is 5.10 Å². The van der Waals surface area contributed by atoms with Crippen molar-refractivity contribution in [2.24, 2.45) is 5.10 Å². The Labute approximate surface area is 85.8 Å². The molecule has 0 heterocycles. The van der Waals surface area contributed by atoms with Crippen LogP contribution >= 0.6 is 0 Å². The molecule has 6 heteroatoms. The Morgan fingerprint density at radius 3 is 2.53 bits per heavy atom. The zero-order chi connectivity index (χ0) is 11.3. The van der Waals surface area contributed by atoms with Crippen LogP contribution in [0.2, 0.25) is 0 Å². The van der Waals surface area contributed by atoms with Crippen molar-refractivity contribution in [1.82, 2.24) is 5.43 Å². The van der Waals surface area contributed by atoms with Crippen molar-refractivity contribution in [2.45, 2.75) is 6.92 Å². The minimum absolute atomic E-state index is 0.0201. The van der Waals surface area contributed by atoms with E-state index in [0.29, 0.717) is 5.56 Å². The lowest BCUT2D eigenvalue weighted by Gasteiger charge is -1.93.